The minimum Gasteiger partial charge on any atom is -0.353 e. The zero-order valence-electron chi connectivity index (χ0n) is 7.76. The topological polar surface area (TPSA) is 29.1 Å². The zero-order chi connectivity index (χ0) is 9.26. The molecule has 2 aliphatic carbocycles. The average molecular weight is 185 g/mol. The zero-order valence-corrected chi connectivity index (χ0v) is 7.76. The van der Waals surface area contributed by atoms with Gasteiger partial charge in [0, 0.05) is 12.0 Å². The van der Waals surface area contributed by atoms with E-state index < -0.39 is 6.17 Å². The van der Waals surface area contributed by atoms with Gasteiger partial charge in [-0.05, 0) is 38.5 Å². The van der Waals surface area contributed by atoms with Gasteiger partial charge < -0.3 is 5.32 Å². The van der Waals surface area contributed by atoms with E-state index in [0.29, 0.717) is 12.8 Å². The van der Waals surface area contributed by atoms with Crippen molar-refractivity contribution in [1.29, 1.82) is 0 Å². The number of hydrogen-bond donors (Lipinski definition) is 1. The van der Waals surface area contributed by atoms with E-state index in [9.17, 15) is 9.18 Å². The van der Waals surface area contributed by atoms with Crippen molar-refractivity contribution in [2.45, 2.75) is 50.7 Å². The van der Waals surface area contributed by atoms with E-state index in [1.165, 1.54) is 0 Å². The van der Waals surface area contributed by atoms with E-state index in [1.54, 1.807) is 0 Å². The molecule has 0 heterocycles. The highest BCUT2D eigenvalue weighted by Gasteiger charge is 2.32. The van der Waals surface area contributed by atoms with Gasteiger partial charge in [0.2, 0.25) is 5.91 Å². The Balaban J connectivity index is 1.76. The van der Waals surface area contributed by atoms with E-state index >= 15 is 0 Å². The molecule has 0 aromatic rings. The highest BCUT2D eigenvalue weighted by atomic mass is 19.1. The van der Waals surface area contributed by atoms with Gasteiger partial charge in [0.05, 0.1) is 0 Å². The van der Waals surface area contributed by atoms with Crippen LogP contribution in [-0.4, -0.2) is 18.1 Å². The van der Waals surface area contributed by atoms with Crippen LogP contribution in [0.4, 0.5) is 4.39 Å². The van der Waals surface area contributed by atoms with Gasteiger partial charge in [-0.15, -0.1) is 0 Å². The second kappa shape index (κ2) is 3.64. The number of carbonyl (C=O) groups excluding carboxylic acids is 1. The molecule has 0 saturated heterocycles. The molecule has 2 saturated carbocycles. The molecule has 2 unspecified atom stereocenters. The first-order chi connectivity index (χ1) is 6.25. The molecule has 0 radical (unpaired) electrons. The Morgan fingerprint density at radius 3 is 2.62 bits per heavy atom. The SMILES string of the molecule is O=C(NC1CCCC(F)C1)C1CC1. The molecule has 2 atom stereocenters. The second-order valence-electron chi connectivity index (χ2n) is 4.24. The minimum absolute atomic E-state index is 0.108. The normalized spacial score (nSPS) is 34.2. The fourth-order valence-corrected chi connectivity index (χ4v) is 1.93. The van der Waals surface area contributed by atoms with Gasteiger partial charge in [0.25, 0.3) is 0 Å². The third-order valence-electron chi connectivity index (χ3n) is 2.90. The predicted octanol–water partition coefficient (Wildman–Crippen LogP) is 1.79. The second-order valence-corrected chi connectivity index (χ2v) is 4.24. The summed E-state index contributed by atoms with van der Waals surface area (Å²) in [6.45, 7) is 0. The lowest BCUT2D eigenvalue weighted by atomic mass is 9.94. The summed E-state index contributed by atoms with van der Waals surface area (Å²) < 4.78 is 12.9. The Kier molecular flexibility index (Phi) is 2.51. The van der Waals surface area contributed by atoms with Crippen LogP contribution < -0.4 is 5.32 Å². The number of halogens is 1. The lowest BCUT2D eigenvalue weighted by Gasteiger charge is -2.25. The molecule has 2 rings (SSSR count). The molecule has 2 fully saturated rings. The monoisotopic (exact) mass is 185 g/mol. The quantitative estimate of drug-likeness (QED) is 0.698. The minimum atomic E-state index is -0.696. The van der Waals surface area contributed by atoms with E-state index in [4.69, 9.17) is 0 Å². The highest BCUT2D eigenvalue weighted by Crippen LogP contribution is 2.30. The molecular formula is C10H16FNO. The number of alkyl halides is 1. The van der Waals surface area contributed by atoms with Crippen molar-refractivity contribution in [2.24, 2.45) is 5.92 Å². The van der Waals surface area contributed by atoms with Gasteiger partial charge in [0.15, 0.2) is 0 Å². The molecule has 0 aromatic heterocycles. The maximum Gasteiger partial charge on any atom is 0.223 e. The largest absolute Gasteiger partial charge is 0.353 e. The maximum absolute atomic E-state index is 12.9. The Bertz CT molecular complexity index is 203. The van der Waals surface area contributed by atoms with Crippen molar-refractivity contribution in [3.8, 4) is 0 Å². The molecule has 1 N–H and O–H groups in total. The molecule has 0 spiro atoms. The molecule has 1 amide bonds. The van der Waals surface area contributed by atoms with Gasteiger partial charge in [-0.1, -0.05) is 0 Å². The van der Waals surface area contributed by atoms with Gasteiger partial charge >= 0.3 is 0 Å². The molecule has 13 heavy (non-hydrogen) atoms. The average Bonchev–Trinajstić information content (AvgIpc) is 2.85. The third kappa shape index (κ3) is 2.42. The highest BCUT2D eigenvalue weighted by molar-refractivity contribution is 5.81. The lowest BCUT2D eigenvalue weighted by Crippen LogP contribution is -2.39. The standard InChI is InChI=1S/C10H16FNO/c11-8-2-1-3-9(6-8)12-10(13)7-4-5-7/h7-9H,1-6H2,(H,12,13). The maximum atomic E-state index is 12.9. The number of rotatable bonds is 2. The fourth-order valence-electron chi connectivity index (χ4n) is 1.93. The van der Waals surface area contributed by atoms with Crippen LogP contribution >= 0.6 is 0 Å². The van der Waals surface area contributed by atoms with Crippen molar-refractivity contribution in [1.82, 2.24) is 5.32 Å². The summed E-state index contributed by atoms with van der Waals surface area (Å²) in [6, 6.07) is 0.108. The first-order valence-electron chi connectivity index (χ1n) is 5.20. The van der Waals surface area contributed by atoms with Crippen molar-refractivity contribution in [3.63, 3.8) is 0 Å². The summed E-state index contributed by atoms with van der Waals surface area (Å²) in [7, 11) is 0. The summed E-state index contributed by atoms with van der Waals surface area (Å²) in [4.78, 5) is 11.3. The van der Waals surface area contributed by atoms with E-state index in [-0.39, 0.29) is 17.9 Å². The van der Waals surface area contributed by atoms with Crippen LogP contribution in [0.25, 0.3) is 0 Å². The van der Waals surface area contributed by atoms with Gasteiger partial charge in [-0.3, -0.25) is 4.79 Å². The van der Waals surface area contributed by atoms with Crippen molar-refractivity contribution in [3.05, 3.63) is 0 Å². The van der Waals surface area contributed by atoms with Gasteiger partial charge in [0.1, 0.15) is 6.17 Å². The summed E-state index contributed by atoms with van der Waals surface area (Å²) in [5.74, 6) is 0.402. The summed E-state index contributed by atoms with van der Waals surface area (Å²) in [6.07, 6.45) is 4.43. The Morgan fingerprint density at radius 1 is 1.23 bits per heavy atom. The van der Waals surface area contributed by atoms with Crippen LogP contribution in [-0.2, 0) is 4.79 Å². The molecule has 0 aromatic carbocycles. The Labute approximate surface area is 77.9 Å². The van der Waals surface area contributed by atoms with E-state index in [2.05, 4.69) is 5.32 Å². The van der Waals surface area contributed by atoms with Crippen molar-refractivity contribution >= 4 is 5.91 Å². The van der Waals surface area contributed by atoms with Crippen molar-refractivity contribution < 1.29 is 9.18 Å². The molecule has 2 nitrogen and oxygen atoms in total. The van der Waals surface area contributed by atoms with Gasteiger partial charge in [-0.25, -0.2) is 4.39 Å². The van der Waals surface area contributed by atoms with Crippen molar-refractivity contribution in [2.75, 3.05) is 0 Å². The number of carbonyl (C=O) groups is 1. The Morgan fingerprint density at radius 2 is 2.00 bits per heavy atom. The first kappa shape index (κ1) is 8.97. The smallest absolute Gasteiger partial charge is 0.223 e. The van der Waals surface area contributed by atoms with Crippen LogP contribution in [0.15, 0.2) is 0 Å². The first-order valence-corrected chi connectivity index (χ1v) is 5.20. The third-order valence-corrected chi connectivity index (χ3v) is 2.90. The molecule has 74 valence electrons. The summed E-state index contributed by atoms with van der Waals surface area (Å²) in [5.41, 5.74) is 0. The van der Waals surface area contributed by atoms with Crippen LogP contribution in [0.3, 0.4) is 0 Å². The molecule has 2 aliphatic rings. The Hall–Kier alpha value is -0.600. The van der Waals surface area contributed by atoms with Crippen LogP contribution in [0, 0.1) is 5.92 Å². The lowest BCUT2D eigenvalue weighted by molar-refractivity contribution is -0.123. The van der Waals surface area contributed by atoms with Crippen LogP contribution in [0.1, 0.15) is 38.5 Å². The van der Waals surface area contributed by atoms with E-state index in [0.717, 1.165) is 25.7 Å². The summed E-state index contributed by atoms with van der Waals surface area (Å²) >= 11 is 0. The predicted molar refractivity (Wildman–Crippen MR) is 48.0 cm³/mol. The van der Waals surface area contributed by atoms with E-state index in [1.807, 2.05) is 0 Å². The summed E-state index contributed by atoms with van der Waals surface area (Å²) in [5, 5.41) is 2.93. The van der Waals surface area contributed by atoms with Crippen LogP contribution in [0.5, 0.6) is 0 Å². The number of amides is 1. The fraction of sp³-hybridized carbons (Fsp3) is 0.900. The molecule has 0 aliphatic heterocycles. The molecule has 3 heteroatoms. The molecule has 0 bridgehead atoms. The number of nitrogens with one attached hydrogen (secondary N) is 1. The molecular weight excluding hydrogens is 169 g/mol. The van der Waals surface area contributed by atoms with Crippen LogP contribution in [0.2, 0.25) is 0 Å². The number of hydrogen-bond acceptors (Lipinski definition) is 1. The van der Waals surface area contributed by atoms with Gasteiger partial charge in [-0.2, -0.15) is 0 Å².